The number of hydrogen-bond donors (Lipinski definition) is 0. The summed E-state index contributed by atoms with van der Waals surface area (Å²) in [4.78, 5) is 0. The fraction of sp³-hybridized carbons (Fsp3) is 0.100. The number of benzene rings is 4. The molecule has 0 radical (unpaired) electrons. The Hall–Kier alpha value is -3.80. The zero-order chi connectivity index (χ0) is 32.0. The zero-order valence-electron chi connectivity index (χ0n) is 27.4. The molecule has 0 fully saturated rings. The summed E-state index contributed by atoms with van der Waals surface area (Å²) in [6, 6.07) is 42.7. The molecule has 4 nitrogen and oxygen atoms in total. The molecule has 0 aliphatic carbocycles. The molecular formula is C40H36Cl2N4SiZr-2. The first-order valence-electron chi connectivity index (χ1n) is 15.4. The minimum atomic E-state index is 0. The van der Waals surface area contributed by atoms with Gasteiger partial charge in [0, 0.05) is 36.2 Å². The van der Waals surface area contributed by atoms with Gasteiger partial charge in [0.25, 0.3) is 0 Å². The normalized spacial score (nSPS) is 10.3. The van der Waals surface area contributed by atoms with Crippen LogP contribution in [0.3, 0.4) is 0 Å². The summed E-state index contributed by atoms with van der Waals surface area (Å²) in [5.41, 5.74) is 9.93. The molecule has 48 heavy (non-hydrogen) atoms. The van der Waals surface area contributed by atoms with E-state index in [1.54, 1.807) is 23.3 Å². The van der Waals surface area contributed by atoms with Gasteiger partial charge in [0.05, 0.1) is 0 Å². The van der Waals surface area contributed by atoms with Crippen LogP contribution in [-0.4, -0.2) is 25.0 Å². The van der Waals surface area contributed by atoms with E-state index in [2.05, 4.69) is 134 Å². The van der Waals surface area contributed by atoms with Gasteiger partial charge >= 0.3 is 41.9 Å². The van der Waals surface area contributed by atoms with Crippen molar-refractivity contribution in [2.75, 3.05) is 0 Å². The molecule has 6 aromatic carbocycles. The van der Waals surface area contributed by atoms with Crippen LogP contribution in [0.5, 0.6) is 0 Å². The maximum absolute atomic E-state index is 4.40. The minimum Gasteiger partial charge on any atom is -1.00 e. The smallest absolute Gasteiger partial charge is 0.0493 e. The number of nitrogens with zero attached hydrogens (tertiary/aromatic N) is 4. The Morgan fingerprint density at radius 1 is 0.542 bits per heavy atom. The van der Waals surface area contributed by atoms with Crippen LogP contribution in [0.15, 0.2) is 146 Å². The molecule has 0 amide bonds. The minimum absolute atomic E-state index is 0. The molecule has 8 aromatic rings. The van der Waals surface area contributed by atoms with Gasteiger partial charge in [-0.3, -0.25) is 9.36 Å². The van der Waals surface area contributed by atoms with Crippen molar-refractivity contribution in [2.24, 2.45) is 0 Å². The standard InChI is InChI=1S/2C19H15N2.C2H6Si.2ClH.Zr/c2*1-14-10-17-12-16(15-6-3-2-4-7-15)13-19(18(17)11-14)21-9-5-8-20-21;1-3-2;;;/h2*2-13H,1H3;1-2H3;2*1H;/q2*-1;;;;+2/p-2. The van der Waals surface area contributed by atoms with Gasteiger partial charge in [-0.25, -0.2) is 0 Å². The zero-order valence-corrected chi connectivity index (χ0v) is 32.4. The molecule has 0 bridgehead atoms. The molecule has 240 valence electrons. The van der Waals surface area contributed by atoms with Crippen molar-refractivity contribution >= 4 is 27.0 Å². The van der Waals surface area contributed by atoms with E-state index >= 15 is 0 Å². The second kappa shape index (κ2) is 17.0. The van der Waals surface area contributed by atoms with E-state index in [1.807, 2.05) is 58.4 Å². The molecule has 0 aliphatic rings. The summed E-state index contributed by atoms with van der Waals surface area (Å²) >= 11 is 1.74. The van der Waals surface area contributed by atoms with E-state index < -0.39 is 0 Å². The predicted octanol–water partition coefficient (Wildman–Crippen LogP) is 4.23. The fourth-order valence-electron chi connectivity index (χ4n) is 5.70. The summed E-state index contributed by atoms with van der Waals surface area (Å²) in [7, 11) is 0. The van der Waals surface area contributed by atoms with Gasteiger partial charge in [-0.1, -0.05) is 85.6 Å². The summed E-state index contributed by atoms with van der Waals surface area (Å²) in [6.07, 6.45) is 7.62. The van der Waals surface area contributed by atoms with Crippen LogP contribution in [0.25, 0.3) is 55.2 Å². The Kier molecular flexibility index (Phi) is 13.1. The first-order chi connectivity index (χ1) is 22.4. The van der Waals surface area contributed by atoms with E-state index in [0.717, 1.165) is 11.4 Å². The monoisotopic (exact) mass is 760 g/mol. The third-order valence-electron chi connectivity index (χ3n) is 7.61. The van der Waals surface area contributed by atoms with Gasteiger partial charge in [0.2, 0.25) is 0 Å². The van der Waals surface area contributed by atoms with Gasteiger partial charge in [0.1, 0.15) is 0 Å². The Morgan fingerprint density at radius 2 is 0.917 bits per heavy atom. The van der Waals surface area contributed by atoms with Crippen molar-refractivity contribution < 1.29 is 48.1 Å². The van der Waals surface area contributed by atoms with E-state index in [0.29, 0.717) is 0 Å². The van der Waals surface area contributed by atoms with Gasteiger partial charge in [-0.2, -0.15) is 22.3 Å². The predicted molar refractivity (Wildman–Crippen MR) is 191 cm³/mol. The van der Waals surface area contributed by atoms with Crippen LogP contribution in [0.1, 0.15) is 11.1 Å². The van der Waals surface area contributed by atoms with E-state index in [1.165, 1.54) is 54.9 Å². The van der Waals surface area contributed by atoms with Crippen LogP contribution in [0.2, 0.25) is 13.1 Å². The molecule has 0 spiro atoms. The third-order valence-corrected chi connectivity index (χ3v) is 7.61. The first kappa shape index (κ1) is 37.0. The Morgan fingerprint density at radius 3 is 1.25 bits per heavy atom. The van der Waals surface area contributed by atoms with Crippen molar-refractivity contribution in [2.45, 2.75) is 26.9 Å². The summed E-state index contributed by atoms with van der Waals surface area (Å²) in [5.74, 6) is 0. The fourth-order valence-corrected chi connectivity index (χ4v) is 5.70. The molecule has 2 aromatic heterocycles. The Balaban J connectivity index is 0.000000188. The van der Waals surface area contributed by atoms with Crippen molar-refractivity contribution in [3.63, 3.8) is 0 Å². The van der Waals surface area contributed by atoms with Gasteiger partial charge in [0.15, 0.2) is 0 Å². The molecule has 8 rings (SSSR count). The first-order valence-corrected chi connectivity index (χ1v) is 21.6. The maximum Gasteiger partial charge on any atom is 0.0493 e. The summed E-state index contributed by atoms with van der Waals surface area (Å²) < 4.78 is 3.88. The third kappa shape index (κ3) is 8.80. The maximum atomic E-state index is 4.40. The Bertz CT molecular complexity index is 2040. The molecule has 0 unspecified atom stereocenters. The number of rotatable bonds is 4. The van der Waals surface area contributed by atoms with Crippen LogP contribution in [0, 0.1) is 13.8 Å². The number of fused-ring (bicyclic) bond motifs is 2. The molecular weight excluding hydrogens is 727 g/mol. The number of hydrogen-bond acceptors (Lipinski definition) is 2. The van der Waals surface area contributed by atoms with Crippen molar-refractivity contribution in [1.82, 2.24) is 19.6 Å². The van der Waals surface area contributed by atoms with Crippen molar-refractivity contribution in [3.8, 4) is 33.6 Å². The largest absolute Gasteiger partial charge is 1.00 e. The van der Waals surface area contributed by atoms with E-state index in [9.17, 15) is 0 Å². The molecule has 2 heterocycles. The SMILES string of the molecule is C[Si](C)=[Zr+2].Cc1cc2c(-n3cccn3)cc(-c3ccccc3)cc2[cH-]1.Cc1cc2c(-n3cccn3)cc(-c3ccccc3)cc2[cH-]1.[Cl-].[Cl-]. The van der Waals surface area contributed by atoms with Crippen molar-refractivity contribution in [1.29, 1.82) is 0 Å². The summed E-state index contributed by atoms with van der Waals surface area (Å²) in [5, 5.41) is 13.8. The van der Waals surface area contributed by atoms with E-state index in [4.69, 9.17) is 0 Å². The molecule has 0 aliphatic heterocycles. The molecule has 0 N–H and O–H groups in total. The van der Waals surface area contributed by atoms with E-state index in [-0.39, 0.29) is 30.2 Å². The van der Waals surface area contributed by atoms with Crippen molar-refractivity contribution in [3.05, 3.63) is 157 Å². The quantitative estimate of drug-likeness (QED) is 0.199. The molecule has 0 saturated heterocycles. The van der Waals surface area contributed by atoms with Gasteiger partial charge in [-0.05, 0) is 35.4 Å². The number of halogens is 2. The molecule has 8 heteroatoms. The molecule has 0 saturated carbocycles. The number of aryl methyl sites for hydroxylation is 2. The van der Waals surface area contributed by atoms with Gasteiger partial charge in [-0.15, -0.1) is 56.9 Å². The van der Waals surface area contributed by atoms with Crippen LogP contribution in [-0.2, 0) is 23.3 Å². The van der Waals surface area contributed by atoms with Crippen LogP contribution in [0.4, 0.5) is 0 Å². The summed E-state index contributed by atoms with van der Waals surface area (Å²) in [6.45, 7) is 8.89. The average molecular weight is 763 g/mol. The second-order valence-corrected chi connectivity index (χ2v) is 21.1. The average Bonchev–Trinajstić information content (AvgIpc) is 3.88. The topological polar surface area (TPSA) is 35.6 Å². The number of aromatic nitrogens is 4. The van der Waals surface area contributed by atoms with Crippen LogP contribution >= 0.6 is 0 Å². The van der Waals surface area contributed by atoms with Gasteiger partial charge < -0.3 is 24.8 Å². The molecule has 0 atom stereocenters. The van der Waals surface area contributed by atoms with Crippen LogP contribution < -0.4 is 24.8 Å². The second-order valence-electron chi connectivity index (χ2n) is 11.7. The Labute approximate surface area is 310 Å².